The molecule has 0 spiro atoms. The molecule has 1 unspecified atom stereocenters. The maximum absolute atomic E-state index is 6.09. The zero-order valence-corrected chi connectivity index (χ0v) is 12.2. The van der Waals surface area contributed by atoms with E-state index >= 15 is 0 Å². The van der Waals surface area contributed by atoms with Gasteiger partial charge in [-0.15, -0.1) is 0 Å². The average Bonchev–Trinajstić information content (AvgIpc) is 3.23. The lowest BCUT2D eigenvalue weighted by Gasteiger charge is -2.30. The number of piperidine rings is 1. The van der Waals surface area contributed by atoms with E-state index in [4.69, 9.17) is 11.6 Å². The third-order valence-electron chi connectivity index (χ3n) is 4.23. The highest BCUT2D eigenvalue weighted by atomic mass is 35.5. The topological polar surface area (TPSA) is 15.3 Å². The van der Waals surface area contributed by atoms with Gasteiger partial charge in [0.05, 0.1) is 0 Å². The number of benzene rings is 1. The van der Waals surface area contributed by atoms with Gasteiger partial charge in [0.2, 0.25) is 0 Å². The van der Waals surface area contributed by atoms with Gasteiger partial charge in [-0.1, -0.05) is 23.7 Å². The second-order valence-electron chi connectivity index (χ2n) is 6.00. The summed E-state index contributed by atoms with van der Waals surface area (Å²) in [5.74, 6) is 0.827. The standard InChI is InChI=1S/C16H23ClN2/c17-15-5-1-3-13(9-15)11-19(16-6-7-16)12-14-4-2-8-18-10-14/h1,3,5,9,14,16,18H,2,4,6-8,10-12H2. The van der Waals surface area contributed by atoms with Crippen molar-refractivity contribution in [3.05, 3.63) is 34.9 Å². The SMILES string of the molecule is Clc1cccc(CN(CC2CCCNC2)C2CC2)c1. The zero-order valence-electron chi connectivity index (χ0n) is 11.4. The van der Waals surface area contributed by atoms with Gasteiger partial charge in [0.15, 0.2) is 0 Å². The normalized spacial score (nSPS) is 23.8. The monoisotopic (exact) mass is 278 g/mol. The quantitative estimate of drug-likeness (QED) is 0.889. The molecule has 0 aromatic heterocycles. The Morgan fingerprint density at radius 2 is 2.16 bits per heavy atom. The van der Waals surface area contributed by atoms with E-state index in [-0.39, 0.29) is 0 Å². The maximum atomic E-state index is 6.09. The molecule has 1 saturated carbocycles. The molecule has 1 aliphatic carbocycles. The minimum Gasteiger partial charge on any atom is -0.316 e. The van der Waals surface area contributed by atoms with Crippen molar-refractivity contribution in [2.45, 2.75) is 38.3 Å². The summed E-state index contributed by atoms with van der Waals surface area (Å²) in [6.07, 6.45) is 5.47. The minimum absolute atomic E-state index is 0.820. The van der Waals surface area contributed by atoms with Gasteiger partial charge < -0.3 is 5.32 Å². The molecule has 1 aromatic rings. The minimum atomic E-state index is 0.820. The summed E-state index contributed by atoms with van der Waals surface area (Å²) in [6, 6.07) is 9.14. The van der Waals surface area contributed by atoms with Crippen molar-refractivity contribution < 1.29 is 0 Å². The molecule has 0 amide bonds. The van der Waals surface area contributed by atoms with Crippen LogP contribution < -0.4 is 5.32 Å². The highest BCUT2D eigenvalue weighted by Crippen LogP contribution is 2.30. The lowest BCUT2D eigenvalue weighted by atomic mass is 9.98. The Balaban J connectivity index is 1.60. The van der Waals surface area contributed by atoms with Crippen LogP contribution in [-0.4, -0.2) is 30.6 Å². The molecule has 104 valence electrons. The van der Waals surface area contributed by atoms with Gasteiger partial charge in [-0.3, -0.25) is 4.90 Å². The van der Waals surface area contributed by atoms with Crippen molar-refractivity contribution in [2.75, 3.05) is 19.6 Å². The fourth-order valence-electron chi connectivity index (χ4n) is 3.06. The lowest BCUT2D eigenvalue weighted by Crippen LogP contribution is -2.39. The third-order valence-corrected chi connectivity index (χ3v) is 4.46. The summed E-state index contributed by atoms with van der Waals surface area (Å²) >= 11 is 6.09. The van der Waals surface area contributed by atoms with E-state index in [9.17, 15) is 0 Å². The van der Waals surface area contributed by atoms with Crippen LogP contribution in [0.4, 0.5) is 0 Å². The molecular formula is C16H23ClN2. The van der Waals surface area contributed by atoms with E-state index in [0.717, 1.165) is 23.5 Å². The summed E-state index contributed by atoms with van der Waals surface area (Å²) in [6.45, 7) is 4.69. The van der Waals surface area contributed by atoms with Crippen LogP contribution in [-0.2, 0) is 6.54 Å². The molecule has 1 N–H and O–H groups in total. The Morgan fingerprint density at radius 3 is 2.84 bits per heavy atom. The Bertz CT molecular complexity index is 411. The van der Waals surface area contributed by atoms with Crippen LogP contribution in [0.3, 0.4) is 0 Å². The van der Waals surface area contributed by atoms with Crippen LogP contribution in [0.15, 0.2) is 24.3 Å². The first-order valence-corrected chi connectivity index (χ1v) is 7.88. The summed E-state index contributed by atoms with van der Waals surface area (Å²) in [5, 5.41) is 4.38. The van der Waals surface area contributed by atoms with Crippen LogP contribution >= 0.6 is 11.6 Å². The maximum Gasteiger partial charge on any atom is 0.0409 e. The number of hydrogen-bond acceptors (Lipinski definition) is 2. The highest BCUT2D eigenvalue weighted by molar-refractivity contribution is 6.30. The van der Waals surface area contributed by atoms with Crippen molar-refractivity contribution >= 4 is 11.6 Å². The smallest absolute Gasteiger partial charge is 0.0409 e. The van der Waals surface area contributed by atoms with Gasteiger partial charge in [-0.25, -0.2) is 0 Å². The highest BCUT2D eigenvalue weighted by Gasteiger charge is 2.30. The molecule has 3 heteroatoms. The molecule has 2 aliphatic rings. The Labute approximate surface area is 121 Å². The van der Waals surface area contributed by atoms with Gasteiger partial charge in [0.1, 0.15) is 0 Å². The number of rotatable bonds is 5. The van der Waals surface area contributed by atoms with Gasteiger partial charge in [0, 0.05) is 24.2 Å². The number of nitrogens with zero attached hydrogens (tertiary/aromatic N) is 1. The van der Waals surface area contributed by atoms with E-state index in [1.807, 2.05) is 6.07 Å². The molecule has 3 rings (SSSR count). The van der Waals surface area contributed by atoms with Crippen molar-refractivity contribution in [1.29, 1.82) is 0 Å². The van der Waals surface area contributed by atoms with E-state index in [1.165, 1.54) is 50.9 Å². The molecular weight excluding hydrogens is 256 g/mol. The van der Waals surface area contributed by atoms with Crippen LogP contribution in [0.5, 0.6) is 0 Å². The molecule has 1 aliphatic heterocycles. The summed E-state index contributed by atoms with van der Waals surface area (Å²) < 4.78 is 0. The van der Waals surface area contributed by atoms with Gasteiger partial charge in [-0.05, 0) is 62.4 Å². The Kier molecular flexibility index (Phi) is 4.42. The first-order chi connectivity index (χ1) is 9.31. The largest absolute Gasteiger partial charge is 0.316 e. The van der Waals surface area contributed by atoms with Crippen molar-refractivity contribution in [2.24, 2.45) is 5.92 Å². The Morgan fingerprint density at radius 1 is 1.26 bits per heavy atom. The van der Waals surface area contributed by atoms with E-state index in [0.29, 0.717) is 0 Å². The summed E-state index contributed by atoms with van der Waals surface area (Å²) in [4.78, 5) is 2.67. The average molecular weight is 279 g/mol. The van der Waals surface area contributed by atoms with Crippen molar-refractivity contribution in [3.8, 4) is 0 Å². The predicted molar refractivity (Wildman–Crippen MR) is 80.5 cm³/mol. The van der Waals surface area contributed by atoms with Crippen molar-refractivity contribution in [1.82, 2.24) is 10.2 Å². The third kappa shape index (κ3) is 3.95. The van der Waals surface area contributed by atoms with Crippen LogP contribution in [0, 0.1) is 5.92 Å². The molecule has 1 aromatic carbocycles. The fraction of sp³-hybridized carbons (Fsp3) is 0.625. The van der Waals surface area contributed by atoms with Crippen LogP contribution in [0.1, 0.15) is 31.2 Å². The van der Waals surface area contributed by atoms with Crippen molar-refractivity contribution in [3.63, 3.8) is 0 Å². The first-order valence-electron chi connectivity index (χ1n) is 7.50. The Hall–Kier alpha value is -0.570. The molecule has 1 saturated heterocycles. The van der Waals surface area contributed by atoms with Gasteiger partial charge in [0.25, 0.3) is 0 Å². The first kappa shape index (κ1) is 13.4. The fourth-order valence-corrected chi connectivity index (χ4v) is 3.28. The molecule has 1 heterocycles. The van der Waals surface area contributed by atoms with Crippen LogP contribution in [0.2, 0.25) is 5.02 Å². The molecule has 19 heavy (non-hydrogen) atoms. The zero-order chi connectivity index (χ0) is 13.1. The number of nitrogens with one attached hydrogen (secondary N) is 1. The summed E-state index contributed by atoms with van der Waals surface area (Å²) in [5.41, 5.74) is 1.35. The lowest BCUT2D eigenvalue weighted by molar-refractivity contribution is 0.193. The molecule has 2 fully saturated rings. The summed E-state index contributed by atoms with van der Waals surface area (Å²) in [7, 11) is 0. The van der Waals surface area contributed by atoms with Gasteiger partial charge in [-0.2, -0.15) is 0 Å². The molecule has 1 atom stereocenters. The predicted octanol–water partition coefficient (Wildman–Crippen LogP) is 3.30. The number of halogens is 1. The number of hydrogen-bond donors (Lipinski definition) is 1. The molecule has 2 nitrogen and oxygen atoms in total. The van der Waals surface area contributed by atoms with E-state index in [1.54, 1.807) is 0 Å². The van der Waals surface area contributed by atoms with Gasteiger partial charge >= 0.3 is 0 Å². The van der Waals surface area contributed by atoms with E-state index in [2.05, 4.69) is 28.4 Å². The van der Waals surface area contributed by atoms with Crippen LogP contribution in [0.25, 0.3) is 0 Å². The second kappa shape index (κ2) is 6.25. The molecule has 0 radical (unpaired) electrons. The van der Waals surface area contributed by atoms with E-state index < -0.39 is 0 Å². The molecule has 0 bridgehead atoms. The second-order valence-corrected chi connectivity index (χ2v) is 6.44.